The number of piperidine rings is 1. The smallest absolute Gasteiger partial charge is 0.123 e. The van der Waals surface area contributed by atoms with Crippen molar-refractivity contribution in [3.05, 3.63) is 35.6 Å². The molecule has 3 heteroatoms. The van der Waals surface area contributed by atoms with E-state index in [4.69, 9.17) is 0 Å². The quantitative estimate of drug-likeness (QED) is 0.887. The van der Waals surface area contributed by atoms with Gasteiger partial charge in [-0.25, -0.2) is 4.39 Å². The highest BCUT2D eigenvalue weighted by molar-refractivity contribution is 5.24. The van der Waals surface area contributed by atoms with Gasteiger partial charge in [-0.15, -0.1) is 0 Å². The van der Waals surface area contributed by atoms with Crippen molar-refractivity contribution in [2.45, 2.75) is 50.3 Å². The summed E-state index contributed by atoms with van der Waals surface area (Å²) in [7, 11) is 2.18. The summed E-state index contributed by atoms with van der Waals surface area (Å²) in [6.45, 7) is 1.90. The van der Waals surface area contributed by atoms with Crippen LogP contribution in [0, 0.1) is 11.7 Å². The predicted molar refractivity (Wildman–Crippen MR) is 73.5 cm³/mol. The summed E-state index contributed by atoms with van der Waals surface area (Å²) in [6, 6.07) is 7.94. The minimum atomic E-state index is -0.318. The van der Waals surface area contributed by atoms with Crippen LogP contribution in [0.2, 0.25) is 0 Å². The number of nitrogens with zero attached hydrogens (tertiary/aromatic N) is 1. The van der Waals surface area contributed by atoms with Crippen molar-refractivity contribution in [3.63, 3.8) is 0 Å². The third-order valence-corrected chi connectivity index (χ3v) is 5.18. The summed E-state index contributed by atoms with van der Waals surface area (Å²) in [5.74, 6) is 0.428. The van der Waals surface area contributed by atoms with Gasteiger partial charge < -0.3 is 10.0 Å². The maximum atomic E-state index is 13.1. The van der Waals surface area contributed by atoms with Crippen LogP contribution in [0.4, 0.5) is 4.39 Å². The van der Waals surface area contributed by atoms with Crippen LogP contribution >= 0.6 is 0 Å². The van der Waals surface area contributed by atoms with Gasteiger partial charge in [0.1, 0.15) is 5.82 Å². The molecule has 1 N–H and O–H groups in total. The number of hydrogen-bond donors (Lipinski definition) is 1. The van der Waals surface area contributed by atoms with E-state index in [-0.39, 0.29) is 17.8 Å². The maximum Gasteiger partial charge on any atom is 0.123 e. The van der Waals surface area contributed by atoms with E-state index in [1.54, 1.807) is 0 Å². The summed E-state index contributed by atoms with van der Waals surface area (Å²) in [5, 5.41) is 10.2. The first kappa shape index (κ1) is 13.1. The van der Waals surface area contributed by atoms with Gasteiger partial charge in [0.15, 0.2) is 0 Å². The van der Waals surface area contributed by atoms with Gasteiger partial charge in [-0.2, -0.15) is 0 Å². The molecule has 2 unspecified atom stereocenters. The molecule has 0 amide bonds. The molecule has 2 saturated heterocycles. The third-order valence-electron chi connectivity index (χ3n) is 5.18. The van der Waals surface area contributed by atoms with E-state index in [1.165, 1.54) is 30.5 Å². The highest BCUT2D eigenvalue weighted by atomic mass is 19.1. The molecule has 2 bridgehead atoms. The van der Waals surface area contributed by atoms with Gasteiger partial charge in [-0.05, 0) is 56.8 Å². The van der Waals surface area contributed by atoms with E-state index in [1.807, 2.05) is 19.1 Å². The van der Waals surface area contributed by atoms with Crippen molar-refractivity contribution in [3.8, 4) is 0 Å². The minimum absolute atomic E-state index is 0.187. The summed E-state index contributed by atoms with van der Waals surface area (Å²) < 4.78 is 13.1. The Kier molecular flexibility index (Phi) is 3.35. The lowest BCUT2D eigenvalue weighted by atomic mass is 9.74. The monoisotopic (exact) mass is 263 g/mol. The zero-order chi connectivity index (χ0) is 13.6. The number of hydrogen-bond acceptors (Lipinski definition) is 2. The summed E-state index contributed by atoms with van der Waals surface area (Å²) >= 11 is 0. The van der Waals surface area contributed by atoms with Crippen LogP contribution in [0.15, 0.2) is 24.3 Å². The molecule has 0 saturated carbocycles. The molecule has 0 aliphatic carbocycles. The Morgan fingerprint density at radius 1 is 1.26 bits per heavy atom. The first-order valence-corrected chi connectivity index (χ1v) is 7.23. The lowest BCUT2D eigenvalue weighted by Crippen LogP contribution is -2.49. The van der Waals surface area contributed by atoms with Crippen molar-refractivity contribution in [1.82, 2.24) is 4.90 Å². The second kappa shape index (κ2) is 4.88. The fraction of sp³-hybridized carbons (Fsp3) is 0.625. The van der Waals surface area contributed by atoms with Gasteiger partial charge >= 0.3 is 0 Å². The highest BCUT2D eigenvalue weighted by Crippen LogP contribution is 2.47. The van der Waals surface area contributed by atoms with Crippen molar-refractivity contribution < 1.29 is 9.50 Å². The maximum absolute atomic E-state index is 13.1. The average molecular weight is 263 g/mol. The molecule has 2 fully saturated rings. The second-order valence-electron chi connectivity index (χ2n) is 6.18. The number of aliphatic hydroxyl groups excluding tert-OH is 1. The Hall–Kier alpha value is -0.930. The van der Waals surface area contributed by atoms with Crippen molar-refractivity contribution in [1.29, 1.82) is 0 Å². The standard InChI is InChI=1S/C16H22FNO/c1-10(19)16-14(11-3-5-12(17)6-4-11)9-13-7-8-15(16)18(13)2/h3-6,10,13-16,19H,7-9H2,1-2H3/t10?,13-,14+,15+,16?/m0/s1. The average Bonchev–Trinajstić information content (AvgIpc) is 2.63. The molecular weight excluding hydrogens is 241 g/mol. The number of rotatable bonds is 2. The molecule has 2 aliphatic heterocycles. The zero-order valence-corrected chi connectivity index (χ0v) is 11.6. The molecule has 2 heterocycles. The molecule has 1 aromatic rings. The van der Waals surface area contributed by atoms with E-state index >= 15 is 0 Å². The van der Waals surface area contributed by atoms with E-state index in [0.29, 0.717) is 18.0 Å². The fourth-order valence-electron chi connectivity index (χ4n) is 4.23. The Bertz CT molecular complexity index is 445. The minimum Gasteiger partial charge on any atom is -0.393 e. The van der Waals surface area contributed by atoms with Crippen molar-refractivity contribution in [2.75, 3.05) is 7.05 Å². The van der Waals surface area contributed by atoms with Gasteiger partial charge in [0, 0.05) is 18.0 Å². The Morgan fingerprint density at radius 3 is 2.58 bits per heavy atom. The second-order valence-corrected chi connectivity index (χ2v) is 6.18. The van der Waals surface area contributed by atoms with E-state index in [2.05, 4.69) is 11.9 Å². The summed E-state index contributed by atoms with van der Waals surface area (Å²) in [5.41, 5.74) is 1.18. The molecule has 3 rings (SSSR count). The first-order valence-electron chi connectivity index (χ1n) is 7.23. The summed E-state index contributed by atoms with van der Waals surface area (Å²) in [6.07, 6.45) is 3.16. The van der Waals surface area contributed by atoms with Gasteiger partial charge in [-0.3, -0.25) is 0 Å². The molecular formula is C16H22FNO. The van der Waals surface area contributed by atoms with Crippen LogP contribution in [0.1, 0.15) is 37.7 Å². The number of benzene rings is 1. The summed E-state index contributed by atoms with van der Waals surface area (Å²) in [4.78, 5) is 2.44. The Labute approximate surface area is 114 Å². The van der Waals surface area contributed by atoms with Crippen LogP contribution < -0.4 is 0 Å². The van der Waals surface area contributed by atoms with Crippen LogP contribution in [-0.4, -0.2) is 35.2 Å². The highest BCUT2D eigenvalue weighted by Gasteiger charge is 2.47. The number of aliphatic hydroxyl groups is 1. The van der Waals surface area contributed by atoms with Crippen LogP contribution in [0.5, 0.6) is 0 Å². The lowest BCUT2D eigenvalue weighted by Gasteiger charge is -2.44. The van der Waals surface area contributed by atoms with E-state index in [0.717, 1.165) is 6.42 Å². The molecule has 1 aromatic carbocycles. The third kappa shape index (κ3) is 2.19. The SMILES string of the molecule is CC(O)C1[C@@H](c2ccc(F)cc2)C[C@@H]2CC[C@H]1N2C. The molecule has 0 aromatic heterocycles. The Morgan fingerprint density at radius 2 is 1.95 bits per heavy atom. The molecule has 0 spiro atoms. The lowest BCUT2D eigenvalue weighted by molar-refractivity contribution is 0.0137. The fourth-order valence-corrected chi connectivity index (χ4v) is 4.23. The Balaban J connectivity index is 1.93. The van der Waals surface area contributed by atoms with E-state index in [9.17, 15) is 9.50 Å². The van der Waals surface area contributed by atoms with Crippen LogP contribution in [0.25, 0.3) is 0 Å². The number of halogens is 1. The van der Waals surface area contributed by atoms with Gasteiger partial charge in [0.25, 0.3) is 0 Å². The zero-order valence-electron chi connectivity index (χ0n) is 11.6. The molecule has 104 valence electrons. The molecule has 2 aliphatic rings. The van der Waals surface area contributed by atoms with Gasteiger partial charge in [0.2, 0.25) is 0 Å². The van der Waals surface area contributed by atoms with Gasteiger partial charge in [-0.1, -0.05) is 12.1 Å². The largest absolute Gasteiger partial charge is 0.393 e. The topological polar surface area (TPSA) is 23.5 Å². The first-order chi connectivity index (χ1) is 9.08. The van der Waals surface area contributed by atoms with Gasteiger partial charge in [0.05, 0.1) is 6.10 Å². The molecule has 2 nitrogen and oxygen atoms in total. The predicted octanol–water partition coefficient (Wildman–Crippen LogP) is 2.77. The molecule has 19 heavy (non-hydrogen) atoms. The van der Waals surface area contributed by atoms with E-state index < -0.39 is 0 Å². The number of fused-ring (bicyclic) bond motifs is 2. The molecule has 5 atom stereocenters. The normalized spacial score (nSPS) is 36.4. The van der Waals surface area contributed by atoms with Crippen LogP contribution in [-0.2, 0) is 0 Å². The van der Waals surface area contributed by atoms with Crippen molar-refractivity contribution >= 4 is 0 Å². The van der Waals surface area contributed by atoms with Crippen molar-refractivity contribution in [2.24, 2.45) is 5.92 Å². The van der Waals surface area contributed by atoms with Crippen LogP contribution in [0.3, 0.4) is 0 Å². The molecule has 0 radical (unpaired) electrons.